The largest absolute Gasteiger partial charge is 0.383 e. The summed E-state index contributed by atoms with van der Waals surface area (Å²) in [5.41, 5.74) is 1.11. The van der Waals surface area contributed by atoms with Gasteiger partial charge in [-0.1, -0.05) is 6.08 Å². The summed E-state index contributed by atoms with van der Waals surface area (Å²) in [6.07, 6.45) is 5.45. The smallest absolute Gasteiger partial charge is 0.0637 e. The number of methoxy groups -OCH3 is 1. The maximum Gasteiger partial charge on any atom is 0.0637 e. The number of ether oxygens (including phenoxy) is 1. The molecule has 82 valence electrons. The van der Waals surface area contributed by atoms with E-state index in [1.54, 1.807) is 19.5 Å². The molecule has 0 N–H and O–H groups in total. The Kier molecular flexibility index (Phi) is 5.36. The molecule has 0 bridgehead atoms. The Morgan fingerprint density at radius 1 is 1.67 bits per heavy atom. The van der Waals surface area contributed by atoms with Crippen molar-refractivity contribution in [3.8, 4) is 0 Å². The van der Waals surface area contributed by atoms with Crippen LogP contribution in [0.15, 0.2) is 35.6 Å². The molecule has 1 rings (SSSR count). The number of rotatable bonds is 6. The van der Waals surface area contributed by atoms with Crippen molar-refractivity contribution in [2.24, 2.45) is 0 Å². The van der Waals surface area contributed by atoms with Crippen molar-refractivity contribution in [1.82, 2.24) is 4.98 Å². The fourth-order valence-corrected chi connectivity index (χ4v) is 1.79. The molecule has 0 saturated carbocycles. The van der Waals surface area contributed by atoms with Crippen LogP contribution >= 0.6 is 15.9 Å². The summed E-state index contributed by atoms with van der Waals surface area (Å²) >= 11 is 3.48. The van der Waals surface area contributed by atoms with Gasteiger partial charge in [-0.25, -0.2) is 0 Å². The summed E-state index contributed by atoms with van der Waals surface area (Å²) in [4.78, 5) is 6.22. The Morgan fingerprint density at radius 3 is 3.07 bits per heavy atom. The van der Waals surface area contributed by atoms with E-state index in [0.29, 0.717) is 6.61 Å². The maximum atomic E-state index is 5.07. The zero-order chi connectivity index (χ0) is 11.1. The van der Waals surface area contributed by atoms with Crippen LogP contribution in [-0.2, 0) is 4.74 Å². The van der Waals surface area contributed by atoms with E-state index < -0.39 is 0 Å². The van der Waals surface area contributed by atoms with Gasteiger partial charge >= 0.3 is 0 Å². The molecular formula is C11H15BrN2O. The van der Waals surface area contributed by atoms with Gasteiger partial charge in [0.05, 0.1) is 16.8 Å². The highest BCUT2D eigenvalue weighted by atomic mass is 79.9. The highest BCUT2D eigenvalue weighted by molar-refractivity contribution is 9.10. The van der Waals surface area contributed by atoms with Gasteiger partial charge in [0.25, 0.3) is 0 Å². The number of aromatic nitrogens is 1. The lowest BCUT2D eigenvalue weighted by Crippen LogP contribution is -2.27. The Bertz CT molecular complexity index is 317. The SMILES string of the molecule is C=CCN(CCOC)c1ccncc1Br. The number of hydrogen-bond acceptors (Lipinski definition) is 3. The third-order valence-electron chi connectivity index (χ3n) is 2.01. The molecule has 0 aliphatic heterocycles. The van der Waals surface area contributed by atoms with Crippen molar-refractivity contribution < 1.29 is 4.74 Å². The van der Waals surface area contributed by atoms with Crippen LogP contribution in [0, 0.1) is 0 Å². The maximum absolute atomic E-state index is 5.07. The number of pyridine rings is 1. The van der Waals surface area contributed by atoms with Crippen LogP contribution in [-0.4, -0.2) is 31.8 Å². The molecule has 0 atom stereocenters. The number of anilines is 1. The Hall–Kier alpha value is -0.870. The van der Waals surface area contributed by atoms with Crippen molar-refractivity contribution in [2.75, 3.05) is 31.7 Å². The molecule has 1 heterocycles. The predicted octanol–water partition coefficient (Wildman–Crippen LogP) is 2.48. The highest BCUT2D eigenvalue weighted by Crippen LogP contribution is 2.24. The second-order valence-corrected chi connectivity index (χ2v) is 3.91. The van der Waals surface area contributed by atoms with E-state index in [1.807, 2.05) is 12.1 Å². The van der Waals surface area contributed by atoms with Crippen molar-refractivity contribution in [1.29, 1.82) is 0 Å². The van der Waals surface area contributed by atoms with Crippen LogP contribution in [0.5, 0.6) is 0 Å². The molecular weight excluding hydrogens is 256 g/mol. The van der Waals surface area contributed by atoms with E-state index in [9.17, 15) is 0 Å². The lowest BCUT2D eigenvalue weighted by molar-refractivity contribution is 0.205. The standard InChI is InChI=1S/C11H15BrN2O/c1-3-6-14(7-8-15-2)11-4-5-13-9-10(11)12/h3-5,9H,1,6-8H2,2H3. The molecule has 0 amide bonds. The fraction of sp³-hybridized carbons (Fsp3) is 0.364. The third kappa shape index (κ3) is 3.64. The van der Waals surface area contributed by atoms with Crippen molar-refractivity contribution >= 4 is 21.6 Å². The topological polar surface area (TPSA) is 25.4 Å². The van der Waals surface area contributed by atoms with Gasteiger partial charge in [0.2, 0.25) is 0 Å². The van der Waals surface area contributed by atoms with E-state index in [2.05, 4.69) is 32.4 Å². The Balaban J connectivity index is 2.78. The minimum Gasteiger partial charge on any atom is -0.383 e. The molecule has 0 aliphatic carbocycles. The van der Waals surface area contributed by atoms with Crippen LogP contribution in [0.25, 0.3) is 0 Å². The lowest BCUT2D eigenvalue weighted by Gasteiger charge is -2.23. The summed E-state index contributed by atoms with van der Waals surface area (Å²) < 4.78 is 6.06. The van der Waals surface area contributed by atoms with Crippen molar-refractivity contribution in [3.05, 3.63) is 35.6 Å². The summed E-state index contributed by atoms with van der Waals surface area (Å²) in [5, 5.41) is 0. The molecule has 1 aromatic rings. The molecule has 0 unspecified atom stereocenters. The van der Waals surface area contributed by atoms with Crippen LogP contribution in [0.4, 0.5) is 5.69 Å². The van der Waals surface area contributed by atoms with Gasteiger partial charge in [-0.2, -0.15) is 0 Å². The summed E-state index contributed by atoms with van der Waals surface area (Å²) in [5.74, 6) is 0. The highest BCUT2D eigenvalue weighted by Gasteiger charge is 2.07. The van der Waals surface area contributed by atoms with E-state index in [4.69, 9.17) is 4.74 Å². The average Bonchev–Trinajstić information content (AvgIpc) is 2.25. The molecule has 0 aromatic carbocycles. The molecule has 4 heteroatoms. The molecule has 0 spiro atoms. The van der Waals surface area contributed by atoms with Gasteiger partial charge in [-0.05, 0) is 22.0 Å². The molecule has 3 nitrogen and oxygen atoms in total. The van der Waals surface area contributed by atoms with E-state index >= 15 is 0 Å². The predicted molar refractivity (Wildman–Crippen MR) is 66.2 cm³/mol. The molecule has 0 saturated heterocycles. The normalized spacial score (nSPS) is 10.0. The van der Waals surface area contributed by atoms with Gasteiger partial charge in [0, 0.05) is 32.6 Å². The van der Waals surface area contributed by atoms with Gasteiger partial charge in [0.15, 0.2) is 0 Å². The number of hydrogen-bond donors (Lipinski definition) is 0. The van der Waals surface area contributed by atoms with Crippen LogP contribution in [0.1, 0.15) is 0 Å². The van der Waals surface area contributed by atoms with E-state index in [0.717, 1.165) is 23.2 Å². The van der Waals surface area contributed by atoms with Crippen LogP contribution in [0.2, 0.25) is 0 Å². The van der Waals surface area contributed by atoms with Crippen LogP contribution in [0.3, 0.4) is 0 Å². The summed E-state index contributed by atoms with van der Waals surface area (Å²) in [7, 11) is 1.70. The molecule has 0 radical (unpaired) electrons. The first-order valence-electron chi connectivity index (χ1n) is 4.74. The second-order valence-electron chi connectivity index (χ2n) is 3.05. The first-order chi connectivity index (χ1) is 7.29. The van der Waals surface area contributed by atoms with Crippen molar-refractivity contribution in [2.45, 2.75) is 0 Å². The first-order valence-corrected chi connectivity index (χ1v) is 5.53. The quantitative estimate of drug-likeness (QED) is 0.743. The van der Waals surface area contributed by atoms with Gasteiger partial charge in [-0.3, -0.25) is 4.98 Å². The molecule has 0 aliphatic rings. The second kappa shape index (κ2) is 6.58. The molecule has 0 fully saturated rings. The number of nitrogens with zero attached hydrogens (tertiary/aromatic N) is 2. The Morgan fingerprint density at radius 2 is 2.47 bits per heavy atom. The van der Waals surface area contributed by atoms with E-state index in [1.165, 1.54) is 0 Å². The van der Waals surface area contributed by atoms with E-state index in [-0.39, 0.29) is 0 Å². The minimum atomic E-state index is 0.697. The lowest BCUT2D eigenvalue weighted by atomic mass is 10.3. The van der Waals surface area contributed by atoms with Crippen LogP contribution < -0.4 is 4.90 Å². The third-order valence-corrected chi connectivity index (χ3v) is 2.62. The van der Waals surface area contributed by atoms with Gasteiger partial charge in [0.1, 0.15) is 0 Å². The zero-order valence-electron chi connectivity index (χ0n) is 8.82. The monoisotopic (exact) mass is 270 g/mol. The van der Waals surface area contributed by atoms with Crippen molar-refractivity contribution in [3.63, 3.8) is 0 Å². The molecule has 1 aromatic heterocycles. The molecule has 15 heavy (non-hydrogen) atoms. The zero-order valence-corrected chi connectivity index (χ0v) is 10.4. The first kappa shape index (κ1) is 12.2. The summed E-state index contributed by atoms with van der Waals surface area (Å²) in [6.45, 7) is 6.08. The number of halogens is 1. The summed E-state index contributed by atoms with van der Waals surface area (Å²) in [6, 6.07) is 1.98. The van der Waals surface area contributed by atoms with Gasteiger partial charge < -0.3 is 9.64 Å². The Labute approximate surface area is 98.9 Å². The minimum absolute atomic E-state index is 0.697. The fourth-order valence-electron chi connectivity index (χ4n) is 1.29. The van der Waals surface area contributed by atoms with Gasteiger partial charge in [-0.15, -0.1) is 6.58 Å². The average molecular weight is 271 g/mol.